The lowest BCUT2D eigenvalue weighted by molar-refractivity contribution is 0.349. The van der Waals surface area contributed by atoms with Crippen molar-refractivity contribution in [3.63, 3.8) is 0 Å². The van der Waals surface area contributed by atoms with Crippen molar-refractivity contribution in [3.05, 3.63) is 11.8 Å². The molecule has 0 aliphatic heterocycles. The Balaban J connectivity index is 2.09. The van der Waals surface area contributed by atoms with Gasteiger partial charge < -0.3 is 10.6 Å². The summed E-state index contributed by atoms with van der Waals surface area (Å²) >= 11 is 0. The predicted molar refractivity (Wildman–Crippen MR) is 76.0 cm³/mol. The van der Waals surface area contributed by atoms with Crippen LogP contribution >= 0.6 is 0 Å². The van der Waals surface area contributed by atoms with Crippen molar-refractivity contribution in [3.8, 4) is 0 Å². The number of anilines is 2. The fraction of sp³-hybridized carbons (Fsp3) is 0.714. The molecule has 4 nitrogen and oxygen atoms in total. The van der Waals surface area contributed by atoms with Gasteiger partial charge in [-0.25, -0.2) is 4.98 Å². The van der Waals surface area contributed by atoms with Gasteiger partial charge in [-0.3, -0.25) is 0 Å². The Hall–Kier alpha value is -1.32. The van der Waals surface area contributed by atoms with Crippen LogP contribution in [0.5, 0.6) is 0 Å². The average Bonchev–Trinajstić information content (AvgIpc) is 2.36. The van der Waals surface area contributed by atoms with E-state index in [9.17, 15) is 0 Å². The average molecular weight is 248 g/mol. The maximum absolute atomic E-state index is 4.56. The minimum absolute atomic E-state index is 0.557. The number of nitrogens with one attached hydrogen (secondary N) is 2. The van der Waals surface area contributed by atoms with E-state index in [0.717, 1.165) is 23.8 Å². The summed E-state index contributed by atoms with van der Waals surface area (Å²) in [6.45, 7) is 7.30. The maximum atomic E-state index is 4.56. The molecule has 100 valence electrons. The van der Waals surface area contributed by atoms with Crippen molar-refractivity contribution in [1.82, 2.24) is 9.97 Å². The number of rotatable bonds is 4. The van der Waals surface area contributed by atoms with Crippen LogP contribution in [0.4, 0.5) is 11.8 Å². The van der Waals surface area contributed by atoms with E-state index in [2.05, 4.69) is 41.4 Å². The van der Waals surface area contributed by atoms with Gasteiger partial charge in [0.25, 0.3) is 0 Å². The van der Waals surface area contributed by atoms with E-state index in [0.29, 0.717) is 12.0 Å². The lowest BCUT2D eigenvalue weighted by atomic mass is 9.86. The summed E-state index contributed by atoms with van der Waals surface area (Å²) in [6, 6.07) is 0.557. The van der Waals surface area contributed by atoms with Crippen LogP contribution in [-0.2, 0) is 0 Å². The third-order valence-corrected chi connectivity index (χ3v) is 3.74. The second kappa shape index (κ2) is 6.03. The summed E-state index contributed by atoms with van der Waals surface area (Å²) in [5.41, 5.74) is 1.12. The maximum Gasteiger partial charge on any atom is 0.224 e. The summed E-state index contributed by atoms with van der Waals surface area (Å²) < 4.78 is 0. The summed E-state index contributed by atoms with van der Waals surface area (Å²) in [4.78, 5) is 8.84. The molecule has 2 N–H and O–H groups in total. The standard InChI is InChI=1S/C14H24N4/c1-4-15-14-16-9-11(3)13(18-14)17-12-8-6-5-7-10(12)2/h9-10,12H,4-8H2,1-3H3,(H2,15,16,17,18). The van der Waals surface area contributed by atoms with E-state index in [1.165, 1.54) is 25.7 Å². The van der Waals surface area contributed by atoms with Crippen molar-refractivity contribution >= 4 is 11.8 Å². The lowest BCUT2D eigenvalue weighted by Crippen LogP contribution is -2.31. The quantitative estimate of drug-likeness (QED) is 0.859. The van der Waals surface area contributed by atoms with Crippen molar-refractivity contribution in [1.29, 1.82) is 0 Å². The zero-order chi connectivity index (χ0) is 13.0. The first-order valence-corrected chi connectivity index (χ1v) is 7.04. The Morgan fingerprint density at radius 1 is 1.33 bits per heavy atom. The van der Waals surface area contributed by atoms with E-state index in [1.54, 1.807) is 0 Å². The van der Waals surface area contributed by atoms with Crippen LogP contribution < -0.4 is 10.6 Å². The van der Waals surface area contributed by atoms with Crippen molar-refractivity contribution in [2.45, 2.75) is 52.5 Å². The number of aryl methyl sites for hydroxylation is 1. The van der Waals surface area contributed by atoms with Gasteiger partial charge in [-0.05, 0) is 32.6 Å². The smallest absolute Gasteiger partial charge is 0.224 e. The van der Waals surface area contributed by atoms with Crippen LogP contribution in [0.15, 0.2) is 6.20 Å². The number of nitrogens with zero attached hydrogens (tertiary/aromatic N) is 2. The van der Waals surface area contributed by atoms with E-state index >= 15 is 0 Å². The third kappa shape index (κ3) is 3.12. The molecule has 0 amide bonds. The summed E-state index contributed by atoms with van der Waals surface area (Å²) in [5, 5.41) is 6.77. The Bertz CT molecular complexity index is 391. The van der Waals surface area contributed by atoms with Crippen LogP contribution in [0.3, 0.4) is 0 Å². The molecular formula is C14H24N4. The third-order valence-electron chi connectivity index (χ3n) is 3.74. The zero-order valence-electron chi connectivity index (χ0n) is 11.7. The van der Waals surface area contributed by atoms with Gasteiger partial charge in [0.1, 0.15) is 5.82 Å². The highest BCUT2D eigenvalue weighted by molar-refractivity contribution is 5.47. The molecule has 2 rings (SSSR count). The van der Waals surface area contributed by atoms with Gasteiger partial charge in [0.2, 0.25) is 5.95 Å². The Morgan fingerprint density at radius 3 is 2.83 bits per heavy atom. The SMILES string of the molecule is CCNc1ncc(C)c(NC2CCCCC2C)n1. The van der Waals surface area contributed by atoms with Gasteiger partial charge in [0.15, 0.2) is 0 Å². The molecule has 4 heteroatoms. The molecule has 1 fully saturated rings. The van der Waals surface area contributed by atoms with Crippen molar-refractivity contribution < 1.29 is 0 Å². The molecule has 0 bridgehead atoms. The highest BCUT2D eigenvalue weighted by atomic mass is 15.1. The molecule has 2 unspecified atom stereocenters. The molecule has 1 aliphatic carbocycles. The normalized spacial score (nSPS) is 23.7. The molecule has 2 atom stereocenters. The summed E-state index contributed by atoms with van der Waals surface area (Å²) in [6.07, 6.45) is 7.15. The van der Waals surface area contributed by atoms with Crippen LogP contribution in [0.1, 0.15) is 45.1 Å². The number of aromatic nitrogens is 2. The van der Waals surface area contributed by atoms with Gasteiger partial charge in [-0.2, -0.15) is 4.98 Å². The van der Waals surface area contributed by atoms with Gasteiger partial charge in [-0.1, -0.05) is 19.8 Å². The Labute approximate surface area is 110 Å². The van der Waals surface area contributed by atoms with E-state index in [-0.39, 0.29) is 0 Å². The fourth-order valence-electron chi connectivity index (χ4n) is 2.54. The lowest BCUT2D eigenvalue weighted by Gasteiger charge is -2.30. The predicted octanol–water partition coefficient (Wildman–Crippen LogP) is 3.21. The largest absolute Gasteiger partial charge is 0.367 e. The van der Waals surface area contributed by atoms with Crippen LogP contribution in [-0.4, -0.2) is 22.6 Å². The van der Waals surface area contributed by atoms with Crippen LogP contribution in [0, 0.1) is 12.8 Å². The molecule has 0 spiro atoms. The minimum atomic E-state index is 0.557. The fourth-order valence-corrected chi connectivity index (χ4v) is 2.54. The monoisotopic (exact) mass is 248 g/mol. The highest BCUT2D eigenvalue weighted by Gasteiger charge is 2.22. The molecule has 1 aromatic heterocycles. The molecule has 0 saturated heterocycles. The minimum Gasteiger partial charge on any atom is -0.367 e. The number of hydrogen-bond donors (Lipinski definition) is 2. The topological polar surface area (TPSA) is 49.8 Å². The Kier molecular flexibility index (Phi) is 4.39. The molecule has 0 radical (unpaired) electrons. The first kappa shape index (κ1) is 13.1. The number of hydrogen-bond acceptors (Lipinski definition) is 4. The van der Waals surface area contributed by atoms with Gasteiger partial charge in [-0.15, -0.1) is 0 Å². The molecule has 1 aliphatic rings. The molecule has 0 aromatic carbocycles. The van der Waals surface area contributed by atoms with E-state index < -0.39 is 0 Å². The molecule has 1 aromatic rings. The zero-order valence-corrected chi connectivity index (χ0v) is 11.7. The van der Waals surface area contributed by atoms with E-state index in [4.69, 9.17) is 0 Å². The first-order chi connectivity index (χ1) is 8.70. The van der Waals surface area contributed by atoms with Crippen molar-refractivity contribution in [2.24, 2.45) is 5.92 Å². The van der Waals surface area contributed by atoms with Gasteiger partial charge >= 0.3 is 0 Å². The molecule has 1 heterocycles. The summed E-state index contributed by atoms with van der Waals surface area (Å²) in [5.74, 6) is 2.43. The van der Waals surface area contributed by atoms with Crippen LogP contribution in [0.25, 0.3) is 0 Å². The molecule has 1 saturated carbocycles. The van der Waals surface area contributed by atoms with Crippen molar-refractivity contribution in [2.75, 3.05) is 17.2 Å². The molecule has 18 heavy (non-hydrogen) atoms. The molecular weight excluding hydrogens is 224 g/mol. The van der Waals surface area contributed by atoms with Gasteiger partial charge in [0, 0.05) is 24.3 Å². The van der Waals surface area contributed by atoms with Gasteiger partial charge in [0.05, 0.1) is 0 Å². The second-order valence-corrected chi connectivity index (χ2v) is 5.27. The second-order valence-electron chi connectivity index (χ2n) is 5.27. The Morgan fingerprint density at radius 2 is 2.11 bits per heavy atom. The first-order valence-electron chi connectivity index (χ1n) is 7.04. The van der Waals surface area contributed by atoms with Crippen LogP contribution in [0.2, 0.25) is 0 Å². The highest BCUT2D eigenvalue weighted by Crippen LogP contribution is 2.27. The summed E-state index contributed by atoms with van der Waals surface area (Å²) in [7, 11) is 0. The van der Waals surface area contributed by atoms with E-state index in [1.807, 2.05) is 6.20 Å².